The number of benzene rings is 3. The molecule has 6 heteroatoms. The zero-order valence-electron chi connectivity index (χ0n) is 16.8. The van der Waals surface area contributed by atoms with Crippen LogP contribution in [0.25, 0.3) is 66.8 Å². The van der Waals surface area contributed by atoms with E-state index >= 15 is 0 Å². The minimum absolute atomic E-state index is 0.0944. The van der Waals surface area contributed by atoms with E-state index in [1.54, 1.807) is 20.9 Å². The van der Waals surface area contributed by atoms with Crippen molar-refractivity contribution in [3.63, 3.8) is 0 Å². The Bertz CT molecular complexity index is 2190. The fourth-order valence-electron chi connectivity index (χ4n) is 5.50. The molecular weight excluding hydrogens is 400 g/mol. The monoisotopic (exact) mass is 414 g/mol. The van der Waals surface area contributed by atoms with Crippen LogP contribution in [0.2, 0.25) is 0 Å². The fourth-order valence-corrected chi connectivity index (χ4v) is 5.50. The van der Waals surface area contributed by atoms with Gasteiger partial charge in [-0.15, -0.1) is 0 Å². The smallest absolute Gasteiger partial charge is 0.264 e. The number of hydrogen-bond donors (Lipinski definition) is 0. The van der Waals surface area contributed by atoms with Crippen LogP contribution >= 0.6 is 0 Å². The SMILES string of the molecule is O=c1c2ccc3c(=O)n4c5ccccc5nc4c4ccc(c2c34)c2nc3c(n12)=CCCC=3. The van der Waals surface area contributed by atoms with Crippen molar-refractivity contribution in [2.45, 2.75) is 12.8 Å². The van der Waals surface area contributed by atoms with Gasteiger partial charge in [-0.1, -0.05) is 24.3 Å². The number of imidazole rings is 2. The third-order valence-electron chi connectivity index (χ3n) is 6.85. The van der Waals surface area contributed by atoms with Gasteiger partial charge in [0, 0.05) is 32.3 Å². The first-order valence-corrected chi connectivity index (χ1v) is 10.7. The van der Waals surface area contributed by atoms with Crippen LogP contribution in [0.4, 0.5) is 0 Å². The first kappa shape index (κ1) is 16.4. The van der Waals surface area contributed by atoms with Gasteiger partial charge in [0.15, 0.2) is 0 Å². The van der Waals surface area contributed by atoms with Crippen LogP contribution in [0.1, 0.15) is 12.8 Å². The van der Waals surface area contributed by atoms with Crippen molar-refractivity contribution >= 4 is 66.8 Å². The van der Waals surface area contributed by atoms with Crippen molar-refractivity contribution in [1.29, 1.82) is 0 Å². The predicted octanol–water partition coefficient (Wildman–Crippen LogP) is 2.55. The molecule has 0 aliphatic heterocycles. The molecule has 0 saturated heterocycles. The maximum atomic E-state index is 13.6. The van der Waals surface area contributed by atoms with Crippen molar-refractivity contribution < 1.29 is 0 Å². The fraction of sp³-hybridized carbons (Fsp3) is 0.0769. The second kappa shape index (κ2) is 5.29. The van der Waals surface area contributed by atoms with Crippen LogP contribution in [0.15, 0.2) is 58.1 Å². The third-order valence-corrected chi connectivity index (χ3v) is 6.85. The van der Waals surface area contributed by atoms with E-state index < -0.39 is 0 Å². The molecule has 0 bridgehead atoms. The minimum Gasteiger partial charge on any atom is -0.268 e. The summed E-state index contributed by atoms with van der Waals surface area (Å²) in [6, 6.07) is 15.3. The van der Waals surface area contributed by atoms with Crippen LogP contribution in [-0.2, 0) is 0 Å². The maximum absolute atomic E-state index is 13.6. The quantitative estimate of drug-likeness (QED) is 0.358. The van der Waals surface area contributed by atoms with Gasteiger partial charge in [0.05, 0.1) is 21.7 Å². The normalized spacial score (nSPS) is 14.1. The van der Waals surface area contributed by atoms with Crippen molar-refractivity contribution in [1.82, 2.24) is 18.8 Å². The second-order valence-corrected chi connectivity index (χ2v) is 8.47. The van der Waals surface area contributed by atoms with Crippen molar-refractivity contribution in [3.8, 4) is 0 Å². The van der Waals surface area contributed by atoms with Gasteiger partial charge in [-0.25, -0.2) is 9.97 Å². The van der Waals surface area contributed by atoms with Crippen LogP contribution < -0.4 is 21.8 Å². The zero-order valence-corrected chi connectivity index (χ0v) is 16.8. The minimum atomic E-state index is -0.118. The Morgan fingerprint density at radius 3 is 2.06 bits per heavy atom. The average molecular weight is 414 g/mol. The Morgan fingerprint density at radius 2 is 1.28 bits per heavy atom. The molecule has 4 aromatic heterocycles. The van der Waals surface area contributed by atoms with E-state index in [1.807, 2.05) is 36.4 Å². The van der Waals surface area contributed by atoms with Crippen LogP contribution in [-0.4, -0.2) is 18.8 Å². The summed E-state index contributed by atoms with van der Waals surface area (Å²) in [5.74, 6) is 0. The highest BCUT2D eigenvalue weighted by Crippen LogP contribution is 2.35. The molecule has 0 spiro atoms. The first-order chi connectivity index (χ1) is 15.7. The van der Waals surface area contributed by atoms with Gasteiger partial charge < -0.3 is 0 Å². The number of rotatable bonds is 0. The molecule has 7 aromatic rings. The lowest BCUT2D eigenvalue weighted by molar-refractivity contribution is 1.04. The largest absolute Gasteiger partial charge is 0.268 e. The van der Waals surface area contributed by atoms with E-state index in [-0.39, 0.29) is 11.1 Å². The van der Waals surface area contributed by atoms with Gasteiger partial charge in [0.1, 0.15) is 11.3 Å². The van der Waals surface area contributed by atoms with Gasteiger partial charge in [-0.2, -0.15) is 0 Å². The molecule has 150 valence electrons. The van der Waals surface area contributed by atoms with Gasteiger partial charge in [-0.3, -0.25) is 18.4 Å². The molecule has 1 aliphatic rings. The van der Waals surface area contributed by atoms with Gasteiger partial charge in [-0.05, 0) is 49.2 Å². The molecule has 0 fully saturated rings. The Kier molecular flexibility index (Phi) is 2.71. The van der Waals surface area contributed by atoms with Gasteiger partial charge in [0.2, 0.25) is 0 Å². The van der Waals surface area contributed by atoms with Crippen LogP contribution in [0.3, 0.4) is 0 Å². The van der Waals surface area contributed by atoms with Gasteiger partial charge in [0.25, 0.3) is 11.1 Å². The standard InChI is InChI=1S/C26H14N4O2/c31-25-15-11-12-16-22-14(24-28-18-6-2-4-8-20(18)30(24)26(16)32)10-9-13(21(15)22)23-27-17-5-1-3-7-19(17)29(23)25/h1,3,5-12H,2,4H2. The molecule has 1 aliphatic carbocycles. The lowest BCUT2D eigenvalue weighted by atomic mass is 9.96. The van der Waals surface area contributed by atoms with E-state index in [4.69, 9.17) is 9.97 Å². The Labute approximate surface area is 178 Å². The molecule has 6 nitrogen and oxygen atoms in total. The lowest BCUT2D eigenvalue weighted by Crippen LogP contribution is -2.34. The third kappa shape index (κ3) is 1.71. The van der Waals surface area contributed by atoms with E-state index in [1.165, 1.54) is 0 Å². The number of aromatic nitrogens is 4. The number of nitrogens with zero attached hydrogens (tertiary/aromatic N) is 4. The van der Waals surface area contributed by atoms with Gasteiger partial charge >= 0.3 is 0 Å². The summed E-state index contributed by atoms with van der Waals surface area (Å²) < 4.78 is 3.41. The second-order valence-electron chi connectivity index (χ2n) is 8.47. The van der Waals surface area contributed by atoms with Crippen LogP contribution in [0, 0.1) is 0 Å². The summed E-state index contributed by atoms with van der Waals surface area (Å²) in [5, 5.41) is 6.26. The van der Waals surface area contributed by atoms with E-state index in [0.29, 0.717) is 22.1 Å². The van der Waals surface area contributed by atoms with E-state index in [9.17, 15) is 9.59 Å². The molecular formula is C26H14N4O2. The summed E-state index contributed by atoms with van der Waals surface area (Å²) in [7, 11) is 0. The first-order valence-electron chi connectivity index (χ1n) is 10.7. The molecule has 0 atom stereocenters. The summed E-state index contributed by atoms with van der Waals surface area (Å²) in [4.78, 5) is 36.8. The summed E-state index contributed by atoms with van der Waals surface area (Å²) >= 11 is 0. The number of pyridine rings is 2. The number of fused-ring (bicyclic) bond motifs is 8. The molecule has 4 heterocycles. The molecule has 0 radical (unpaired) electrons. The zero-order chi connectivity index (χ0) is 21.1. The summed E-state index contributed by atoms with van der Waals surface area (Å²) in [6.07, 6.45) is 6.00. The van der Waals surface area contributed by atoms with Crippen molar-refractivity contribution in [2.24, 2.45) is 0 Å². The highest BCUT2D eigenvalue weighted by molar-refractivity contribution is 6.27. The topological polar surface area (TPSA) is 68.7 Å². The van der Waals surface area contributed by atoms with E-state index in [2.05, 4.69) is 12.2 Å². The van der Waals surface area contributed by atoms with Crippen molar-refractivity contribution in [3.05, 3.63) is 79.9 Å². The molecule has 0 amide bonds. The van der Waals surface area contributed by atoms with Crippen LogP contribution in [0.5, 0.6) is 0 Å². The molecule has 0 N–H and O–H groups in total. The molecule has 0 saturated carbocycles. The Balaban J connectivity index is 1.73. The summed E-state index contributed by atoms with van der Waals surface area (Å²) in [6.45, 7) is 0. The molecule has 3 aromatic carbocycles. The molecule has 8 rings (SSSR count). The Morgan fingerprint density at radius 1 is 0.656 bits per heavy atom. The predicted molar refractivity (Wildman–Crippen MR) is 126 cm³/mol. The van der Waals surface area contributed by atoms with E-state index in [0.717, 1.165) is 56.1 Å². The lowest BCUT2D eigenvalue weighted by Gasteiger charge is -2.12. The highest BCUT2D eigenvalue weighted by atomic mass is 16.1. The Hall–Kier alpha value is -4.32. The average Bonchev–Trinajstić information content (AvgIpc) is 3.40. The molecule has 0 unspecified atom stereocenters. The molecule has 32 heavy (non-hydrogen) atoms. The maximum Gasteiger partial charge on any atom is 0.264 e. The highest BCUT2D eigenvalue weighted by Gasteiger charge is 2.21. The summed E-state index contributed by atoms with van der Waals surface area (Å²) in [5.41, 5.74) is 2.62. The van der Waals surface area contributed by atoms with Crippen molar-refractivity contribution in [2.75, 3.05) is 0 Å². The number of para-hydroxylation sites is 2. The number of hydrogen-bond acceptors (Lipinski definition) is 4.